The molecule has 1 aliphatic rings. The molecule has 3 rings (SSSR count). The van der Waals surface area contributed by atoms with Gasteiger partial charge in [-0.05, 0) is 38.7 Å². The molecule has 0 aromatic carbocycles. The second-order valence-electron chi connectivity index (χ2n) is 13.5. The topological polar surface area (TPSA) is 364 Å². The van der Waals surface area contributed by atoms with Gasteiger partial charge in [0, 0.05) is 30.7 Å². The Kier molecular flexibility index (Phi) is 19.4. The highest BCUT2D eigenvalue weighted by Crippen LogP contribution is 2.61. The smallest absolute Gasteiger partial charge is 0.386 e. The fourth-order valence-corrected chi connectivity index (χ4v) is 8.63. The lowest BCUT2D eigenvalue weighted by Gasteiger charge is -2.30. The number of carbonyl (C=O) groups excluding carboxylic acids is 3. The Hall–Kier alpha value is -2.96. The molecule has 0 aliphatic carbocycles. The van der Waals surface area contributed by atoms with Crippen LogP contribution in [0, 0.1) is 5.41 Å². The van der Waals surface area contributed by atoms with Crippen molar-refractivity contribution in [1.82, 2.24) is 30.2 Å². The zero-order valence-corrected chi connectivity index (χ0v) is 35.7. The molecule has 0 bridgehead atoms. The predicted octanol–water partition coefficient (Wildman–Crippen LogP) is 1.36. The number of hydrogen-bond donors (Lipinski definition) is 9. The molecular weight excluding hydrogens is 867 g/mol. The molecule has 0 saturated carbocycles. The Morgan fingerprint density at radius 2 is 1.71 bits per heavy atom. The van der Waals surface area contributed by atoms with Crippen LogP contribution in [0.5, 0.6) is 0 Å². The van der Waals surface area contributed by atoms with Gasteiger partial charge in [-0.1, -0.05) is 43.8 Å². The first kappa shape index (κ1) is 50.4. The normalized spacial score (nSPS) is 21.4. The fourth-order valence-electron chi connectivity index (χ4n) is 5.20. The number of nitrogen functional groups attached to an aromatic ring is 1. The highest BCUT2D eigenvalue weighted by Gasteiger charge is 2.50. The number of ether oxygens (including phenoxy) is 1. The van der Waals surface area contributed by atoms with Crippen molar-refractivity contribution in [1.29, 1.82) is 0 Å². The Labute approximate surface area is 342 Å². The lowest BCUT2D eigenvalue weighted by Crippen LogP contribution is -2.46. The van der Waals surface area contributed by atoms with Gasteiger partial charge in [-0.25, -0.2) is 28.6 Å². The number of unbranched alkanes of at least 4 members (excludes halogenated alkanes) is 3. The van der Waals surface area contributed by atoms with E-state index in [1.54, 1.807) is 0 Å². The number of nitrogens with two attached hydrogens (primary N) is 1. The molecule has 2 aromatic rings. The standard InChI is InChI=1S/C31H50N7O17P3S/c1-4-5-6-7-8-9-10-11-22(40)59-15-14-33-21(39)12-13-34-29(43)26(42)31(2,3)17-52-58(49,50)55-57(47,48)51-16-20-25(54-56(44,45)46)24(41)30(53-20)38-19-37-23-27(32)35-18-36-28(23)38/h4-5,10-11,18-20,24-26,30,41-42H,6-9,12-17H2,1-3H3,(H,33,39)(H,34,43)(H,47,48)(H,49,50)(H2,32,35,36)(H2,44,45,46)/b5-4+,11-10+. The number of thioether (sulfide) groups is 1. The number of phosphoric acid groups is 3. The van der Waals surface area contributed by atoms with Crippen LogP contribution in [-0.2, 0) is 50.7 Å². The molecular formula is C31H50N7O17P3S. The van der Waals surface area contributed by atoms with Crippen LogP contribution in [0.4, 0.5) is 5.82 Å². The number of allylic oxidation sites excluding steroid dienone is 3. The van der Waals surface area contributed by atoms with Crippen LogP contribution in [0.25, 0.3) is 11.2 Å². The van der Waals surface area contributed by atoms with E-state index in [4.69, 9.17) is 19.5 Å². The van der Waals surface area contributed by atoms with Gasteiger partial charge in [0.05, 0.1) is 19.5 Å². The minimum absolute atomic E-state index is 0.0303. The van der Waals surface area contributed by atoms with Crippen LogP contribution in [-0.4, -0.2) is 123 Å². The molecule has 0 spiro atoms. The second-order valence-corrected chi connectivity index (χ2v) is 18.8. The number of aromatic nitrogens is 4. The van der Waals surface area contributed by atoms with Crippen molar-refractivity contribution >= 4 is 69.1 Å². The SMILES string of the molecule is C/C=C/CCCC/C=C/C(=O)SCCNC(=O)CCNC(=O)C(O)C(C)(C)COP(=O)(O)OP(=O)(O)OCC1OC(n2cnc3c(N)ncnc32)C(O)C1OP(=O)(O)O. The summed E-state index contributed by atoms with van der Waals surface area (Å²) in [5, 5.41) is 26.3. The number of imidazole rings is 1. The van der Waals surface area contributed by atoms with Crippen molar-refractivity contribution in [3.8, 4) is 0 Å². The molecule has 7 atom stereocenters. The number of hydrogen-bond acceptors (Lipinski definition) is 18. The molecule has 3 heterocycles. The highest BCUT2D eigenvalue weighted by molar-refractivity contribution is 8.14. The average Bonchev–Trinajstić information content (AvgIpc) is 3.71. The first-order valence-electron chi connectivity index (χ1n) is 17.9. The van der Waals surface area contributed by atoms with Gasteiger partial charge in [-0.2, -0.15) is 4.31 Å². The van der Waals surface area contributed by atoms with Gasteiger partial charge in [0.15, 0.2) is 17.7 Å². The number of nitrogens with zero attached hydrogens (tertiary/aromatic N) is 4. The summed E-state index contributed by atoms with van der Waals surface area (Å²) in [5.74, 6) is -1.12. The van der Waals surface area contributed by atoms with Gasteiger partial charge < -0.3 is 50.9 Å². The van der Waals surface area contributed by atoms with E-state index >= 15 is 0 Å². The molecule has 28 heteroatoms. The van der Waals surface area contributed by atoms with Crippen LogP contribution >= 0.6 is 35.2 Å². The van der Waals surface area contributed by atoms with E-state index in [1.165, 1.54) is 19.9 Å². The minimum Gasteiger partial charge on any atom is -0.386 e. The van der Waals surface area contributed by atoms with Crippen molar-refractivity contribution in [2.45, 2.75) is 83.5 Å². The summed E-state index contributed by atoms with van der Waals surface area (Å²) in [4.78, 5) is 87.7. The molecule has 2 aromatic heterocycles. The average molecular weight is 918 g/mol. The maximum Gasteiger partial charge on any atom is 0.481 e. The van der Waals surface area contributed by atoms with E-state index < -0.39 is 84.6 Å². The molecule has 1 aliphatic heterocycles. The number of rotatable bonds is 25. The van der Waals surface area contributed by atoms with E-state index in [2.05, 4.69) is 40.5 Å². The minimum atomic E-state index is -5.57. The molecule has 24 nitrogen and oxygen atoms in total. The first-order chi connectivity index (χ1) is 27.6. The van der Waals surface area contributed by atoms with Gasteiger partial charge in [-0.3, -0.25) is 32.5 Å². The third kappa shape index (κ3) is 16.8. The fraction of sp³-hybridized carbons (Fsp3) is 0.613. The molecule has 332 valence electrons. The molecule has 0 radical (unpaired) electrons. The van der Waals surface area contributed by atoms with E-state index in [0.29, 0.717) is 5.75 Å². The number of phosphoric ester groups is 3. The quantitative estimate of drug-likeness (QED) is 0.0294. The number of fused-ring (bicyclic) bond motifs is 1. The van der Waals surface area contributed by atoms with E-state index in [9.17, 15) is 57.9 Å². The first-order valence-corrected chi connectivity index (χ1v) is 23.4. The Morgan fingerprint density at radius 1 is 1.03 bits per heavy atom. The third-order valence-corrected chi connectivity index (χ3v) is 12.2. The number of aliphatic hydroxyl groups excluding tert-OH is 2. The third-order valence-electron chi connectivity index (χ3n) is 8.23. The predicted molar refractivity (Wildman–Crippen MR) is 210 cm³/mol. The summed E-state index contributed by atoms with van der Waals surface area (Å²) in [6.45, 7) is 2.45. The van der Waals surface area contributed by atoms with Crippen LogP contribution in [0.15, 0.2) is 37.0 Å². The van der Waals surface area contributed by atoms with Crippen molar-refractivity contribution in [3.05, 3.63) is 37.0 Å². The van der Waals surface area contributed by atoms with Crippen LogP contribution in [0.2, 0.25) is 0 Å². The van der Waals surface area contributed by atoms with E-state index in [-0.39, 0.29) is 41.6 Å². The zero-order valence-electron chi connectivity index (χ0n) is 32.2. The molecule has 1 fully saturated rings. The monoisotopic (exact) mass is 917 g/mol. The Bertz CT molecular complexity index is 1950. The summed E-state index contributed by atoms with van der Waals surface area (Å²) < 4.78 is 62.2. The number of anilines is 1. The highest BCUT2D eigenvalue weighted by atomic mass is 32.2. The summed E-state index contributed by atoms with van der Waals surface area (Å²) in [6, 6.07) is 0. The summed E-state index contributed by atoms with van der Waals surface area (Å²) in [6.07, 6.45) is 4.28. The largest absolute Gasteiger partial charge is 0.481 e. The van der Waals surface area contributed by atoms with Crippen LogP contribution < -0.4 is 16.4 Å². The lowest BCUT2D eigenvalue weighted by molar-refractivity contribution is -0.137. The lowest BCUT2D eigenvalue weighted by atomic mass is 9.87. The van der Waals surface area contributed by atoms with Gasteiger partial charge >= 0.3 is 23.5 Å². The second kappa shape index (κ2) is 22.8. The number of carbonyl (C=O) groups is 3. The number of amides is 2. The van der Waals surface area contributed by atoms with Crippen molar-refractivity contribution in [2.24, 2.45) is 5.41 Å². The van der Waals surface area contributed by atoms with Gasteiger partial charge in [0.2, 0.25) is 16.9 Å². The van der Waals surface area contributed by atoms with Crippen molar-refractivity contribution in [3.63, 3.8) is 0 Å². The Balaban J connectivity index is 1.43. The summed E-state index contributed by atoms with van der Waals surface area (Å²) in [7, 11) is -16.4. The van der Waals surface area contributed by atoms with E-state index in [1.807, 2.05) is 19.1 Å². The van der Waals surface area contributed by atoms with Gasteiger partial charge in [0.1, 0.15) is 36.3 Å². The van der Waals surface area contributed by atoms with Gasteiger partial charge in [-0.15, -0.1) is 0 Å². The molecule has 1 saturated heterocycles. The van der Waals surface area contributed by atoms with Crippen molar-refractivity contribution in [2.75, 3.05) is 37.8 Å². The van der Waals surface area contributed by atoms with Crippen LogP contribution in [0.1, 0.15) is 59.1 Å². The van der Waals surface area contributed by atoms with Gasteiger partial charge in [0.25, 0.3) is 0 Å². The molecule has 10 N–H and O–H groups in total. The van der Waals surface area contributed by atoms with Crippen LogP contribution in [0.3, 0.4) is 0 Å². The Morgan fingerprint density at radius 3 is 2.39 bits per heavy atom. The molecule has 59 heavy (non-hydrogen) atoms. The van der Waals surface area contributed by atoms with E-state index in [0.717, 1.165) is 54.7 Å². The number of nitrogens with one attached hydrogen (secondary N) is 2. The molecule has 7 unspecified atom stereocenters. The summed E-state index contributed by atoms with van der Waals surface area (Å²) >= 11 is 1.04. The summed E-state index contributed by atoms with van der Waals surface area (Å²) in [5.41, 5.74) is 4.26. The maximum absolute atomic E-state index is 12.7. The molecule has 2 amide bonds. The maximum atomic E-state index is 12.7. The van der Waals surface area contributed by atoms with Crippen molar-refractivity contribution < 1.29 is 80.5 Å². The number of aliphatic hydroxyl groups is 2. The zero-order chi connectivity index (χ0) is 44.0.